The Labute approximate surface area is 116 Å². The lowest BCUT2D eigenvalue weighted by molar-refractivity contribution is -0.137. The third kappa shape index (κ3) is 11.5. The zero-order valence-corrected chi connectivity index (χ0v) is 12.3. The molecule has 0 radical (unpaired) electrons. The quantitative estimate of drug-likeness (QED) is 0.228. The summed E-state index contributed by atoms with van der Waals surface area (Å²) in [6, 6.07) is 0. The second-order valence-corrected chi connectivity index (χ2v) is 4.47. The molecular formula is C16H26O3. The van der Waals surface area contributed by atoms with E-state index in [9.17, 15) is 9.90 Å². The van der Waals surface area contributed by atoms with Gasteiger partial charge >= 0.3 is 5.97 Å². The summed E-state index contributed by atoms with van der Waals surface area (Å²) in [5.74, 6) is -0.341. The molecule has 0 heterocycles. The molecule has 0 saturated heterocycles. The highest BCUT2D eigenvalue weighted by atomic mass is 16.5. The average molecular weight is 266 g/mol. The highest BCUT2D eigenvalue weighted by Crippen LogP contribution is 2.07. The van der Waals surface area contributed by atoms with Gasteiger partial charge < -0.3 is 9.84 Å². The summed E-state index contributed by atoms with van der Waals surface area (Å²) >= 11 is 0. The molecule has 1 atom stereocenters. The number of allylic oxidation sites excluding steroid dienone is 3. The zero-order valence-electron chi connectivity index (χ0n) is 12.3. The molecule has 0 aromatic rings. The van der Waals surface area contributed by atoms with Crippen LogP contribution in [0.4, 0.5) is 0 Å². The molecule has 0 aliphatic heterocycles. The van der Waals surface area contributed by atoms with E-state index in [0.717, 1.165) is 24.8 Å². The first-order valence-electron chi connectivity index (χ1n) is 6.95. The lowest BCUT2D eigenvalue weighted by atomic mass is 10.1. The van der Waals surface area contributed by atoms with Gasteiger partial charge in [-0.1, -0.05) is 49.6 Å². The second-order valence-electron chi connectivity index (χ2n) is 4.47. The van der Waals surface area contributed by atoms with Crippen LogP contribution in [0.15, 0.2) is 36.0 Å². The maximum Gasteiger partial charge on any atom is 0.330 e. The van der Waals surface area contributed by atoms with Crippen LogP contribution >= 0.6 is 0 Å². The molecule has 0 rings (SSSR count). The van der Waals surface area contributed by atoms with Gasteiger partial charge in [0.2, 0.25) is 0 Å². The Morgan fingerprint density at radius 3 is 2.74 bits per heavy atom. The van der Waals surface area contributed by atoms with Gasteiger partial charge in [0, 0.05) is 6.08 Å². The van der Waals surface area contributed by atoms with Crippen molar-refractivity contribution < 1.29 is 14.6 Å². The van der Waals surface area contributed by atoms with Crippen molar-refractivity contribution in [3.8, 4) is 0 Å². The fourth-order valence-corrected chi connectivity index (χ4v) is 1.52. The van der Waals surface area contributed by atoms with Crippen LogP contribution in [-0.4, -0.2) is 23.8 Å². The third-order valence-electron chi connectivity index (χ3n) is 2.51. The lowest BCUT2D eigenvalue weighted by Gasteiger charge is -2.05. The van der Waals surface area contributed by atoms with Crippen molar-refractivity contribution >= 4 is 5.97 Å². The maximum absolute atomic E-state index is 11.1. The molecule has 0 aliphatic rings. The first kappa shape index (κ1) is 17.6. The molecule has 3 heteroatoms. The van der Waals surface area contributed by atoms with E-state index in [1.54, 1.807) is 13.0 Å². The molecule has 0 bridgehead atoms. The van der Waals surface area contributed by atoms with Crippen LogP contribution in [0.5, 0.6) is 0 Å². The number of carbonyl (C=O) groups excluding carboxylic acids is 1. The largest absolute Gasteiger partial charge is 0.463 e. The summed E-state index contributed by atoms with van der Waals surface area (Å²) in [6.45, 7) is 6.23. The van der Waals surface area contributed by atoms with Gasteiger partial charge in [0.15, 0.2) is 0 Å². The fraction of sp³-hybridized carbons (Fsp3) is 0.562. The van der Waals surface area contributed by atoms with Gasteiger partial charge in [-0.25, -0.2) is 4.79 Å². The predicted octanol–water partition coefficient (Wildman–Crippen LogP) is 3.55. The minimum absolute atomic E-state index is 0.341. The minimum Gasteiger partial charge on any atom is -0.463 e. The molecule has 3 nitrogen and oxygen atoms in total. The van der Waals surface area contributed by atoms with Crippen molar-refractivity contribution in [2.24, 2.45) is 0 Å². The van der Waals surface area contributed by atoms with Gasteiger partial charge in [0.25, 0.3) is 0 Å². The van der Waals surface area contributed by atoms with E-state index in [-0.39, 0.29) is 5.97 Å². The molecule has 0 aromatic heterocycles. The van der Waals surface area contributed by atoms with Crippen molar-refractivity contribution in [3.63, 3.8) is 0 Å². The van der Waals surface area contributed by atoms with Gasteiger partial charge in [-0.2, -0.15) is 0 Å². The predicted molar refractivity (Wildman–Crippen MR) is 78.8 cm³/mol. The molecule has 108 valence electrons. The van der Waals surface area contributed by atoms with Crippen molar-refractivity contribution in [1.82, 2.24) is 0 Å². The van der Waals surface area contributed by atoms with Gasteiger partial charge in [-0.3, -0.25) is 0 Å². The van der Waals surface area contributed by atoms with E-state index in [1.807, 2.05) is 25.2 Å². The van der Waals surface area contributed by atoms with Gasteiger partial charge in [0.05, 0.1) is 12.7 Å². The maximum atomic E-state index is 11.1. The molecule has 1 unspecified atom stereocenters. The van der Waals surface area contributed by atoms with E-state index in [0.29, 0.717) is 13.0 Å². The number of aliphatic hydroxyl groups excluding tert-OH is 1. The van der Waals surface area contributed by atoms with Crippen LogP contribution < -0.4 is 0 Å². The molecule has 0 amide bonds. The first-order valence-corrected chi connectivity index (χ1v) is 6.95. The van der Waals surface area contributed by atoms with Gasteiger partial charge in [-0.05, 0) is 26.7 Å². The molecule has 19 heavy (non-hydrogen) atoms. The lowest BCUT2D eigenvalue weighted by Crippen LogP contribution is -2.02. The Morgan fingerprint density at radius 2 is 2.11 bits per heavy atom. The van der Waals surface area contributed by atoms with Crippen LogP contribution in [0.1, 0.15) is 46.5 Å². The van der Waals surface area contributed by atoms with Crippen molar-refractivity contribution in [3.05, 3.63) is 36.0 Å². The van der Waals surface area contributed by atoms with Crippen molar-refractivity contribution in [1.29, 1.82) is 0 Å². The summed E-state index contributed by atoms with van der Waals surface area (Å²) in [7, 11) is 0. The van der Waals surface area contributed by atoms with Crippen LogP contribution in [-0.2, 0) is 9.53 Å². The molecule has 1 N–H and O–H groups in total. The van der Waals surface area contributed by atoms with Crippen LogP contribution in [0.25, 0.3) is 0 Å². The number of ether oxygens (including phenoxy) is 1. The zero-order chi connectivity index (χ0) is 14.5. The van der Waals surface area contributed by atoms with Gasteiger partial charge in [-0.15, -0.1) is 0 Å². The Bertz CT molecular complexity index is 327. The first-order chi connectivity index (χ1) is 9.10. The van der Waals surface area contributed by atoms with Crippen molar-refractivity contribution in [2.45, 2.75) is 52.6 Å². The number of aliphatic hydroxyl groups is 1. The van der Waals surface area contributed by atoms with Crippen LogP contribution in [0, 0.1) is 0 Å². The molecule has 0 fully saturated rings. The number of carbonyl (C=O) groups is 1. The van der Waals surface area contributed by atoms with E-state index < -0.39 is 6.10 Å². The Kier molecular flexibility index (Phi) is 10.9. The smallest absolute Gasteiger partial charge is 0.330 e. The Morgan fingerprint density at radius 1 is 1.37 bits per heavy atom. The van der Waals surface area contributed by atoms with E-state index in [4.69, 9.17) is 4.74 Å². The third-order valence-corrected chi connectivity index (χ3v) is 2.51. The number of esters is 1. The number of hydrogen-bond acceptors (Lipinski definition) is 3. The summed E-state index contributed by atoms with van der Waals surface area (Å²) in [5, 5.41) is 9.77. The Hall–Kier alpha value is -1.35. The Balaban J connectivity index is 4.03. The highest BCUT2D eigenvalue weighted by molar-refractivity contribution is 5.82. The average Bonchev–Trinajstić information content (AvgIpc) is 2.35. The van der Waals surface area contributed by atoms with Crippen LogP contribution in [0.3, 0.4) is 0 Å². The molecule has 0 spiro atoms. The summed E-state index contributed by atoms with van der Waals surface area (Å²) in [4.78, 5) is 11.1. The van der Waals surface area contributed by atoms with E-state index >= 15 is 0 Å². The minimum atomic E-state index is -0.455. The standard InChI is InChI=1S/C16H26O3/c1-4-6-7-8-11-15(17)13-14(3)10-9-12-16(18)19-5-2/h8-12,15,17H,4-7,13H2,1-3H3/b11-8+,12-9-,14-10-. The fourth-order valence-electron chi connectivity index (χ4n) is 1.52. The van der Waals surface area contributed by atoms with Crippen molar-refractivity contribution in [2.75, 3.05) is 6.61 Å². The summed E-state index contributed by atoms with van der Waals surface area (Å²) in [6.07, 6.45) is 12.2. The second kappa shape index (κ2) is 11.7. The SMILES string of the molecule is CCCC/C=C/C(O)C/C(C)=C\C=C/C(=O)OCC. The van der Waals surface area contributed by atoms with Gasteiger partial charge in [0.1, 0.15) is 0 Å². The topological polar surface area (TPSA) is 46.5 Å². The molecule has 0 saturated carbocycles. The summed E-state index contributed by atoms with van der Waals surface area (Å²) in [5.41, 5.74) is 1.02. The number of rotatable bonds is 9. The molecular weight excluding hydrogens is 240 g/mol. The summed E-state index contributed by atoms with van der Waals surface area (Å²) < 4.78 is 4.77. The molecule has 0 aliphatic carbocycles. The van der Waals surface area contributed by atoms with E-state index in [2.05, 4.69) is 6.92 Å². The number of hydrogen-bond donors (Lipinski definition) is 1. The number of unbranched alkanes of at least 4 members (excludes halogenated alkanes) is 2. The van der Waals surface area contributed by atoms with E-state index in [1.165, 1.54) is 6.08 Å². The monoisotopic (exact) mass is 266 g/mol. The molecule has 0 aromatic carbocycles. The normalized spacial score (nSPS) is 14.2. The highest BCUT2D eigenvalue weighted by Gasteiger charge is 1.99. The van der Waals surface area contributed by atoms with Crippen LogP contribution in [0.2, 0.25) is 0 Å².